The van der Waals surface area contributed by atoms with Crippen LogP contribution < -0.4 is 4.74 Å². The summed E-state index contributed by atoms with van der Waals surface area (Å²) in [5.41, 5.74) is -0.866. The molecule has 0 radical (unpaired) electrons. The summed E-state index contributed by atoms with van der Waals surface area (Å²) < 4.78 is 6.79. The van der Waals surface area contributed by atoms with Crippen LogP contribution in [0.1, 0.15) is 50.0 Å². The molecule has 1 saturated carbocycles. The van der Waals surface area contributed by atoms with E-state index in [0.717, 1.165) is 12.8 Å². The van der Waals surface area contributed by atoms with Crippen molar-refractivity contribution in [1.29, 1.82) is 0 Å². The number of aliphatic hydroxyl groups is 1. The molecule has 19 heavy (non-hydrogen) atoms. The molecule has 1 aromatic rings. The number of ketones is 1. The molecule has 1 aliphatic carbocycles. The highest BCUT2D eigenvalue weighted by Crippen LogP contribution is 2.36. The molecule has 0 atom stereocenters. The molecule has 0 aromatic carbocycles. The van der Waals surface area contributed by atoms with E-state index in [0.29, 0.717) is 36.7 Å². The number of hydrogen-bond acceptors (Lipinski definition) is 4. The summed E-state index contributed by atoms with van der Waals surface area (Å²) in [5, 5.41) is 14.8. The topological polar surface area (TPSA) is 64.4 Å². The van der Waals surface area contributed by atoms with Crippen LogP contribution in [0.5, 0.6) is 5.75 Å². The van der Waals surface area contributed by atoms with Crippen molar-refractivity contribution in [2.45, 2.75) is 51.7 Å². The molecule has 1 fully saturated rings. The van der Waals surface area contributed by atoms with Gasteiger partial charge in [0.15, 0.2) is 5.75 Å². The number of Topliss-reactive ketones (excluding diaryl/α,β-unsaturated/α-hetero) is 1. The fraction of sp³-hybridized carbons (Fsp3) is 0.714. The maximum Gasteiger partial charge on any atom is 0.216 e. The number of carbonyl (C=O) groups is 1. The summed E-state index contributed by atoms with van der Waals surface area (Å²) in [6.45, 7) is 4.65. The van der Waals surface area contributed by atoms with Gasteiger partial charge in [0.2, 0.25) is 5.78 Å². The zero-order valence-electron chi connectivity index (χ0n) is 11.8. The Morgan fingerprint density at radius 3 is 2.74 bits per heavy atom. The minimum absolute atomic E-state index is 0.254. The highest BCUT2D eigenvalue weighted by atomic mass is 16.5. The quantitative estimate of drug-likeness (QED) is 0.847. The third-order valence-electron chi connectivity index (χ3n) is 4.06. The molecule has 0 amide bonds. The smallest absolute Gasteiger partial charge is 0.216 e. The second kappa shape index (κ2) is 5.33. The average molecular weight is 266 g/mol. The zero-order valence-corrected chi connectivity index (χ0v) is 11.8. The minimum Gasteiger partial charge on any atom is -0.493 e. The lowest BCUT2D eigenvalue weighted by atomic mass is 9.76. The summed E-state index contributed by atoms with van der Waals surface area (Å²) >= 11 is 0. The summed E-state index contributed by atoms with van der Waals surface area (Å²) in [5.74, 6) is 0.764. The second-order valence-electron chi connectivity index (χ2n) is 5.42. The molecule has 106 valence electrons. The Labute approximate surface area is 113 Å². The van der Waals surface area contributed by atoms with Gasteiger partial charge in [-0.2, -0.15) is 5.10 Å². The van der Waals surface area contributed by atoms with Crippen molar-refractivity contribution < 1.29 is 14.6 Å². The van der Waals surface area contributed by atoms with Crippen LogP contribution in [0.2, 0.25) is 0 Å². The molecule has 1 aromatic heterocycles. The van der Waals surface area contributed by atoms with E-state index in [1.54, 1.807) is 4.68 Å². The summed E-state index contributed by atoms with van der Waals surface area (Å²) in [7, 11) is 1.51. The van der Waals surface area contributed by atoms with Crippen molar-refractivity contribution >= 4 is 5.78 Å². The highest BCUT2D eigenvalue weighted by molar-refractivity contribution is 6.03. The first-order valence-corrected chi connectivity index (χ1v) is 6.88. The van der Waals surface area contributed by atoms with Crippen LogP contribution in [0.4, 0.5) is 0 Å². The van der Waals surface area contributed by atoms with Gasteiger partial charge in [0.25, 0.3) is 0 Å². The van der Waals surface area contributed by atoms with Crippen molar-refractivity contribution in [3.05, 3.63) is 11.9 Å². The molecule has 5 heteroatoms. The largest absolute Gasteiger partial charge is 0.493 e. The van der Waals surface area contributed by atoms with E-state index in [1.807, 2.05) is 6.92 Å². The maximum atomic E-state index is 12.7. The van der Waals surface area contributed by atoms with Crippen LogP contribution >= 0.6 is 0 Å². The maximum absolute atomic E-state index is 12.7. The van der Waals surface area contributed by atoms with E-state index < -0.39 is 5.60 Å². The lowest BCUT2D eigenvalue weighted by molar-refractivity contribution is 0.00315. The van der Waals surface area contributed by atoms with Gasteiger partial charge in [-0.15, -0.1) is 0 Å². The Morgan fingerprint density at radius 1 is 1.58 bits per heavy atom. The van der Waals surface area contributed by atoms with E-state index in [2.05, 4.69) is 12.0 Å². The first kappa shape index (κ1) is 14.1. The van der Waals surface area contributed by atoms with Gasteiger partial charge in [-0.05, 0) is 38.5 Å². The lowest BCUT2D eigenvalue weighted by Crippen LogP contribution is -2.43. The molecule has 2 rings (SSSR count). The number of aromatic nitrogens is 2. The molecule has 0 bridgehead atoms. The van der Waals surface area contributed by atoms with Gasteiger partial charge in [0.05, 0.1) is 13.3 Å². The summed E-state index contributed by atoms with van der Waals surface area (Å²) in [4.78, 5) is 12.7. The first-order chi connectivity index (χ1) is 9.01. The van der Waals surface area contributed by atoms with Crippen molar-refractivity contribution in [3.63, 3.8) is 0 Å². The monoisotopic (exact) mass is 266 g/mol. The number of methoxy groups -OCH3 is 1. The van der Waals surface area contributed by atoms with Crippen LogP contribution in [-0.2, 0) is 6.54 Å². The SMILES string of the molecule is CCn1ncc(OC)c1C(=O)C1(O)CCC(C)CC1. The van der Waals surface area contributed by atoms with Crippen LogP contribution in [0.3, 0.4) is 0 Å². The third-order valence-corrected chi connectivity index (χ3v) is 4.06. The number of aryl methyl sites for hydroxylation is 1. The van der Waals surface area contributed by atoms with Gasteiger partial charge in [0, 0.05) is 6.54 Å². The predicted molar refractivity (Wildman–Crippen MR) is 71.4 cm³/mol. The van der Waals surface area contributed by atoms with Crippen LogP contribution in [-0.4, -0.2) is 33.4 Å². The zero-order chi connectivity index (χ0) is 14.0. The molecule has 0 aliphatic heterocycles. The molecule has 1 aliphatic rings. The fourth-order valence-corrected chi connectivity index (χ4v) is 2.67. The molecule has 0 saturated heterocycles. The lowest BCUT2D eigenvalue weighted by Gasteiger charge is -2.33. The van der Waals surface area contributed by atoms with Gasteiger partial charge >= 0.3 is 0 Å². The van der Waals surface area contributed by atoms with Crippen molar-refractivity contribution in [1.82, 2.24) is 9.78 Å². The Kier molecular flexibility index (Phi) is 3.94. The van der Waals surface area contributed by atoms with Crippen LogP contribution in [0, 0.1) is 5.92 Å². The fourth-order valence-electron chi connectivity index (χ4n) is 2.67. The van der Waals surface area contributed by atoms with E-state index in [9.17, 15) is 9.90 Å². The number of rotatable bonds is 4. The number of hydrogen-bond donors (Lipinski definition) is 1. The molecule has 1 N–H and O–H groups in total. The second-order valence-corrected chi connectivity index (χ2v) is 5.42. The first-order valence-electron chi connectivity index (χ1n) is 6.88. The van der Waals surface area contributed by atoms with Gasteiger partial charge < -0.3 is 9.84 Å². The Morgan fingerprint density at radius 2 is 2.21 bits per heavy atom. The Balaban J connectivity index is 2.31. The summed E-state index contributed by atoms with van der Waals surface area (Å²) in [6, 6.07) is 0. The molecule has 0 spiro atoms. The van der Waals surface area contributed by atoms with E-state index in [4.69, 9.17) is 4.74 Å². The standard InChI is InChI=1S/C14H22N2O3/c1-4-16-12(11(19-3)9-15-16)13(17)14(18)7-5-10(2)6-8-14/h9-10,18H,4-8H2,1-3H3. The van der Waals surface area contributed by atoms with E-state index in [-0.39, 0.29) is 5.78 Å². The number of ether oxygens (including phenoxy) is 1. The van der Waals surface area contributed by atoms with Gasteiger partial charge in [-0.25, -0.2) is 0 Å². The number of nitrogens with zero attached hydrogens (tertiary/aromatic N) is 2. The van der Waals surface area contributed by atoms with Crippen molar-refractivity contribution in [2.24, 2.45) is 5.92 Å². The third kappa shape index (κ3) is 2.52. The molecule has 5 nitrogen and oxygen atoms in total. The van der Waals surface area contributed by atoms with E-state index >= 15 is 0 Å². The van der Waals surface area contributed by atoms with Gasteiger partial charge in [-0.3, -0.25) is 9.48 Å². The molecular weight excluding hydrogens is 244 g/mol. The molecule has 0 unspecified atom stereocenters. The molecule has 1 heterocycles. The van der Waals surface area contributed by atoms with Crippen LogP contribution in [0.25, 0.3) is 0 Å². The van der Waals surface area contributed by atoms with Gasteiger partial charge in [0.1, 0.15) is 11.3 Å². The predicted octanol–water partition coefficient (Wildman–Crippen LogP) is 2.04. The van der Waals surface area contributed by atoms with Gasteiger partial charge in [-0.1, -0.05) is 6.92 Å². The normalized spacial score (nSPS) is 27.3. The van der Waals surface area contributed by atoms with Crippen molar-refractivity contribution in [3.8, 4) is 5.75 Å². The Hall–Kier alpha value is -1.36. The minimum atomic E-state index is -1.26. The number of carbonyl (C=O) groups excluding carboxylic acids is 1. The highest BCUT2D eigenvalue weighted by Gasteiger charge is 2.42. The van der Waals surface area contributed by atoms with E-state index in [1.165, 1.54) is 13.3 Å². The molecular formula is C14H22N2O3. The van der Waals surface area contributed by atoms with Crippen molar-refractivity contribution in [2.75, 3.05) is 7.11 Å². The van der Waals surface area contributed by atoms with Crippen LogP contribution in [0.15, 0.2) is 6.20 Å². The summed E-state index contributed by atoms with van der Waals surface area (Å²) in [6.07, 6.45) is 4.33. The Bertz CT molecular complexity index is 438. The average Bonchev–Trinajstić information content (AvgIpc) is 2.84.